The van der Waals surface area contributed by atoms with Crippen molar-refractivity contribution in [2.75, 3.05) is 32.6 Å². The molecular formula is C20H28N4O3. The molecule has 27 heavy (non-hydrogen) atoms. The molecule has 7 nitrogen and oxygen atoms in total. The van der Waals surface area contributed by atoms with Gasteiger partial charge in [0.25, 0.3) is 0 Å². The number of urea groups is 1. The van der Waals surface area contributed by atoms with Gasteiger partial charge in [0.05, 0.1) is 19.9 Å². The number of nitrogens with one attached hydrogen (secondary N) is 1. The molecule has 1 N–H and O–H groups in total. The zero-order chi connectivity index (χ0) is 19.4. The van der Waals surface area contributed by atoms with Gasteiger partial charge in [-0.2, -0.15) is 5.10 Å². The third-order valence-electron chi connectivity index (χ3n) is 5.04. The van der Waals surface area contributed by atoms with Crippen LogP contribution in [0.1, 0.15) is 24.2 Å². The number of anilines is 1. The van der Waals surface area contributed by atoms with Crippen LogP contribution in [0.2, 0.25) is 0 Å². The summed E-state index contributed by atoms with van der Waals surface area (Å²) in [6.45, 7) is 6.52. The minimum Gasteiger partial charge on any atom is -0.497 e. The standard InChI is InChI=1S/C20H28N4O3/c1-14-9-15(2)24(22-14)13-16-5-7-23(8-6-16)20(25)21-17-10-18(26-3)12-19(11-17)27-4/h9-12,16H,5-8,13H2,1-4H3,(H,21,25). The number of carbonyl (C=O) groups is 1. The molecule has 1 aliphatic rings. The number of amides is 2. The summed E-state index contributed by atoms with van der Waals surface area (Å²) >= 11 is 0. The maximum atomic E-state index is 12.6. The van der Waals surface area contributed by atoms with Crippen molar-refractivity contribution in [1.29, 1.82) is 0 Å². The van der Waals surface area contributed by atoms with E-state index in [1.807, 2.05) is 11.8 Å². The minimum atomic E-state index is -0.0881. The summed E-state index contributed by atoms with van der Waals surface area (Å²) in [5, 5.41) is 7.49. The maximum absolute atomic E-state index is 12.6. The molecule has 1 aliphatic heterocycles. The summed E-state index contributed by atoms with van der Waals surface area (Å²) in [4.78, 5) is 14.5. The molecule has 2 amide bonds. The highest BCUT2D eigenvalue weighted by atomic mass is 16.5. The highest BCUT2D eigenvalue weighted by Gasteiger charge is 2.24. The number of hydrogen-bond donors (Lipinski definition) is 1. The number of aryl methyl sites for hydroxylation is 2. The average molecular weight is 372 g/mol. The summed E-state index contributed by atoms with van der Waals surface area (Å²) in [5.41, 5.74) is 2.92. The van der Waals surface area contributed by atoms with E-state index in [0.29, 0.717) is 23.1 Å². The van der Waals surface area contributed by atoms with Crippen LogP contribution in [0.4, 0.5) is 10.5 Å². The summed E-state index contributed by atoms with van der Waals surface area (Å²) in [6, 6.07) is 7.37. The molecule has 146 valence electrons. The molecule has 1 fully saturated rings. The highest BCUT2D eigenvalue weighted by Crippen LogP contribution is 2.26. The van der Waals surface area contributed by atoms with Gasteiger partial charge in [-0.15, -0.1) is 0 Å². The van der Waals surface area contributed by atoms with E-state index in [1.54, 1.807) is 32.4 Å². The lowest BCUT2D eigenvalue weighted by molar-refractivity contribution is 0.175. The molecule has 2 heterocycles. The largest absolute Gasteiger partial charge is 0.497 e. The number of hydrogen-bond acceptors (Lipinski definition) is 4. The fourth-order valence-corrected chi connectivity index (χ4v) is 3.51. The van der Waals surface area contributed by atoms with E-state index in [4.69, 9.17) is 9.47 Å². The van der Waals surface area contributed by atoms with Gasteiger partial charge >= 0.3 is 6.03 Å². The number of likely N-dealkylation sites (tertiary alicyclic amines) is 1. The molecule has 0 spiro atoms. The van der Waals surface area contributed by atoms with Gasteiger partial charge in [0.2, 0.25) is 0 Å². The normalized spacial score (nSPS) is 14.9. The summed E-state index contributed by atoms with van der Waals surface area (Å²) in [6.07, 6.45) is 1.96. The van der Waals surface area contributed by atoms with E-state index < -0.39 is 0 Å². The second kappa shape index (κ2) is 8.33. The fraction of sp³-hybridized carbons (Fsp3) is 0.500. The van der Waals surface area contributed by atoms with Crippen LogP contribution in [-0.2, 0) is 6.54 Å². The van der Waals surface area contributed by atoms with Crippen LogP contribution in [0.5, 0.6) is 11.5 Å². The Bertz CT molecular complexity index is 772. The first-order chi connectivity index (χ1) is 13.0. The van der Waals surface area contributed by atoms with Crippen LogP contribution in [0.3, 0.4) is 0 Å². The zero-order valence-electron chi connectivity index (χ0n) is 16.5. The monoisotopic (exact) mass is 372 g/mol. The van der Waals surface area contributed by atoms with Crippen molar-refractivity contribution in [3.8, 4) is 11.5 Å². The van der Waals surface area contributed by atoms with Crippen LogP contribution in [0.15, 0.2) is 24.3 Å². The Hall–Kier alpha value is -2.70. The number of aromatic nitrogens is 2. The van der Waals surface area contributed by atoms with Gasteiger partial charge in [0.15, 0.2) is 0 Å². The van der Waals surface area contributed by atoms with Gasteiger partial charge in [0.1, 0.15) is 11.5 Å². The van der Waals surface area contributed by atoms with Crippen molar-refractivity contribution in [2.24, 2.45) is 5.92 Å². The molecule has 2 aromatic rings. The van der Waals surface area contributed by atoms with Gasteiger partial charge in [-0.1, -0.05) is 0 Å². The molecule has 0 unspecified atom stereocenters. The molecule has 1 aromatic heterocycles. The Morgan fingerprint density at radius 2 is 1.74 bits per heavy atom. The molecule has 0 saturated carbocycles. The van der Waals surface area contributed by atoms with Gasteiger partial charge in [0, 0.05) is 49.2 Å². The lowest BCUT2D eigenvalue weighted by Crippen LogP contribution is -2.41. The Kier molecular flexibility index (Phi) is 5.88. The highest BCUT2D eigenvalue weighted by molar-refractivity contribution is 5.89. The Labute approximate surface area is 160 Å². The van der Waals surface area contributed by atoms with Crippen LogP contribution >= 0.6 is 0 Å². The Balaban J connectivity index is 1.55. The lowest BCUT2D eigenvalue weighted by Gasteiger charge is -2.32. The van der Waals surface area contributed by atoms with Crippen molar-refractivity contribution in [2.45, 2.75) is 33.2 Å². The number of benzene rings is 1. The van der Waals surface area contributed by atoms with Gasteiger partial charge in [-0.3, -0.25) is 4.68 Å². The molecule has 0 radical (unpaired) electrons. The molecule has 0 atom stereocenters. The second-order valence-electron chi connectivity index (χ2n) is 7.07. The summed E-state index contributed by atoms with van der Waals surface area (Å²) < 4.78 is 12.6. The second-order valence-corrected chi connectivity index (χ2v) is 7.07. The summed E-state index contributed by atoms with van der Waals surface area (Å²) in [5.74, 6) is 1.84. The number of ether oxygens (including phenoxy) is 2. The predicted molar refractivity (Wildman–Crippen MR) is 105 cm³/mol. The van der Waals surface area contributed by atoms with E-state index in [2.05, 4.69) is 28.1 Å². The smallest absolute Gasteiger partial charge is 0.321 e. The first kappa shape index (κ1) is 19.1. The Morgan fingerprint density at radius 1 is 1.11 bits per heavy atom. The number of piperidine rings is 1. The van der Waals surface area contributed by atoms with Crippen LogP contribution in [0, 0.1) is 19.8 Å². The number of carbonyl (C=O) groups excluding carboxylic acids is 1. The fourth-order valence-electron chi connectivity index (χ4n) is 3.51. The minimum absolute atomic E-state index is 0.0881. The number of rotatable bonds is 5. The van der Waals surface area contributed by atoms with E-state index >= 15 is 0 Å². The molecule has 7 heteroatoms. The van der Waals surface area contributed by atoms with E-state index in [0.717, 1.165) is 38.2 Å². The third kappa shape index (κ3) is 4.72. The van der Waals surface area contributed by atoms with Crippen LogP contribution < -0.4 is 14.8 Å². The van der Waals surface area contributed by atoms with Crippen molar-refractivity contribution in [1.82, 2.24) is 14.7 Å². The SMILES string of the molecule is COc1cc(NC(=O)N2CCC(Cn3nc(C)cc3C)CC2)cc(OC)c1. The molecule has 0 aliphatic carbocycles. The first-order valence-electron chi connectivity index (χ1n) is 9.28. The van der Waals surface area contributed by atoms with Crippen molar-refractivity contribution in [3.05, 3.63) is 35.7 Å². The quantitative estimate of drug-likeness (QED) is 0.873. The van der Waals surface area contributed by atoms with Gasteiger partial charge in [-0.05, 0) is 38.7 Å². The zero-order valence-corrected chi connectivity index (χ0v) is 16.5. The van der Waals surface area contributed by atoms with Crippen molar-refractivity contribution < 1.29 is 14.3 Å². The lowest BCUT2D eigenvalue weighted by atomic mass is 9.97. The van der Waals surface area contributed by atoms with Gasteiger partial charge < -0.3 is 19.7 Å². The molecule has 3 rings (SSSR count). The third-order valence-corrected chi connectivity index (χ3v) is 5.04. The predicted octanol–water partition coefficient (Wildman–Crippen LogP) is 3.46. The number of nitrogens with zero attached hydrogens (tertiary/aromatic N) is 3. The topological polar surface area (TPSA) is 68.6 Å². The van der Waals surface area contributed by atoms with Crippen LogP contribution in [-0.4, -0.2) is 48.0 Å². The molecule has 1 aromatic carbocycles. The van der Waals surface area contributed by atoms with Crippen molar-refractivity contribution >= 4 is 11.7 Å². The average Bonchev–Trinajstić information content (AvgIpc) is 2.98. The van der Waals surface area contributed by atoms with E-state index in [-0.39, 0.29) is 6.03 Å². The molecular weight excluding hydrogens is 344 g/mol. The summed E-state index contributed by atoms with van der Waals surface area (Å²) in [7, 11) is 3.18. The van der Waals surface area contributed by atoms with Gasteiger partial charge in [-0.25, -0.2) is 4.79 Å². The Morgan fingerprint density at radius 3 is 2.26 bits per heavy atom. The molecule has 1 saturated heterocycles. The number of methoxy groups -OCH3 is 2. The van der Waals surface area contributed by atoms with E-state index in [1.165, 1.54) is 5.69 Å². The van der Waals surface area contributed by atoms with Crippen LogP contribution in [0.25, 0.3) is 0 Å². The maximum Gasteiger partial charge on any atom is 0.321 e. The van der Waals surface area contributed by atoms with E-state index in [9.17, 15) is 4.79 Å². The first-order valence-corrected chi connectivity index (χ1v) is 9.28. The molecule has 0 bridgehead atoms. The van der Waals surface area contributed by atoms with Crippen molar-refractivity contribution in [3.63, 3.8) is 0 Å².